The highest BCUT2D eigenvalue weighted by molar-refractivity contribution is 6.33. The third kappa shape index (κ3) is 2.03. The Hall–Kier alpha value is -2.79. The Labute approximate surface area is 130 Å². The van der Waals surface area contributed by atoms with Gasteiger partial charge >= 0.3 is 0 Å². The average Bonchev–Trinajstić information content (AvgIpc) is 3.00. The van der Waals surface area contributed by atoms with Gasteiger partial charge in [0, 0.05) is 35.9 Å². The van der Waals surface area contributed by atoms with Crippen molar-refractivity contribution >= 4 is 22.6 Å². The molecular weight excluding hydrogens is 300 g/mol. The Balaban J connectivity index is 1.97. The molecule has 0 aliphatic heterocycles. The van der Waals surface area contributed by atoms with Gasteiger partial charge in [-0.3, -0.25) is 15.0 Å². The van der Waals surface area contributed by atoms with E-state index in [0.29, 0.717) is 22.0 Å². The molecule has 3 aromatic heterocycles. The third-order valence-corrected chi connectivity index (χ3v) is 3.69. The predicted octanol–water partition coefficient (Wildman–Crippen LogP) is 4.00. The molecule has 0 bridgehead atoms. The van der Waals surface area contributed by atoms with Crippen LogP contribution in [-0.4, -0.2) is 20.1 Å². The van der Waals surface area contributed by atoms with Crippen LogP contribution in [0, 0.1) is 0 Å². The van der Waals surface area contributed by atoms with Gasteiger partial charge in [0.2, 0.25) is 0 Å². The van der Waals surface area contributed by atoms with E-state index in [-0.39, 0.29) is 0 Å². The zero-order valence-electron chi connectivity index (χ0n) is 11.3. The van der Waals surface area contributed by atoms with Gasteiger partial charge in [-0.2, -0.15) is 0 Å². The van der Waals surface area contributed by atoms with Crippen LogP contribution in [0.2, 0.25) is 5.02 Å². The summed E-state index contributed by atoms with van der Waals surface area (Å²) in [4.78, 5) is 12.5. The largest absolute Gasteiger partial charge is 0.355 e. The number of para-hydroxylation sites is 1. The van der Waals surface area contributed by atoms with Crippen LogP contribution in [-0.2, 0) is 0 Å². The molecule has 0 amide bonds. The van der Waals surface area contributed by atoms with Crippen LogP contribution in [0.4, 0.5) is 0 Å². The van der Waals surface area contributed by atoms with Crippen molar-refractivity contribution in [2.75, 3.05) is 0 Å². The van der Waals surface area contributed by atoms with Gasteiger partial charge in [-0.1, -0.05) is 28.9 Å². The number of hydrogen-bond acceptors (Lipinski definition) is 5. The van der Waals surface area contributed by atoms with Crippen LogP contribution in [0.5, 0.6) is 0 Å². The second kappa shape index (κ2) is 5.20. The Bertz CT molecular complexity index is 953. The van der Waals surface area contributed by atoms with Gasteiger partial charge in [-0.15, -0.1) is 0 Å². The maximum absolute atomic E-state index is 6.26. The maximum atomic E-state index is 6.26. The molecule has 4 aromatic rings. The van der Waals surface area contributed by atoms with E-state index in [1.54, 1.807) is 37.1 Å². The molecule has 0 fully saturated rings. The summed E-state index contributed by atoms with van der Waals surface area (Å²) in [6.45, 7) is 0. The maximum Gasteiger partial charge on any atom is 0.175 e. The SMILES string of the molecule is Clc1ccncc1-c1cccc2c(-c3cnccn3)noc12. The first-order valence-electron chi connectivity index (χ1n) is 6.59. The molecular formula is C16H9ClN4O. The van der Waals surface area contributed by atoms with Crippen molar-refractivity contribution in [3.05, 3.63) is 60.3 Å². The molecule has 6 heteroatoms. The van der Waals surface area contributed by atoms with Gasteiger partial charge in [0.15, 0.2) is 5.58 Å². The Morgan fingerprint density at radius 2 is 1.82 bits per heavy atom. The number of nitrogens with zero attached hydrogens (tertiary/aromatic N) is 4. The Morgan fingerprint density at radius 1 is 0.909 bits per heavy atom. The number of hydrogen-bond donors (Lipinski definition) is 0. The first kappa shape index (κ1) is 12.9. The molecule has 4 rings (SSSR count). The summed E-state index contributed by atoms with van der Waals surface area (Å²) >= 11 is 6.26. The van der Waals surface area contributed by atoms with Crippen molar-refractivity contribution in [2.45, 2.75) is 0 Å². The minimum Gasteiger partial charge on any atom is -0.355 e. The number of benzene rings is 1. The van der Waals surface area contributed by atoms with E-state index in [0.717, 1.165) is 16.5 Å². The van der Waals surface area contributed by atoms with E-state index in [4.69, 9.17) is 16.1 Å². The highest BCUT2D eigenvalue weighted by Crippen LogP contribution is 2.36. The Morgan fingerprint density at radius 3 is 2.64 bits per heavy atom. The highest BCUT2D eigenvalue weighted by atomic mass is 35.5. The molecule has 0 aliphatic carbocycles. The van der Waals surface area contributed by atoms with Gasteiger partial charge in [-0.05, 0) is 12.1 Å². The van der Waals surface area contributed by atoms with Crippen molar-refractivity contribution in [1.82, 2.24) is 20.1 Å². The monoisotopic (exact) mass is 308 g/mol. The summed E-state index contributed by atoms with van der Waals surface area (Å²) in [7, 11) is 0. The number of aromatic nitrogens is 4. The molecule has 0 atom stereocenters. The molecule has 3 heterocycles. The number of fused-ring (bicyclic) bond motifs is 1. The van der Waals surface area contributed by atoms with E-state index in [1.807, 2.05) is 18.2 Å². The predicted molar refractivity (Wildman–Crippen MR) is 83.3 cm³/mol. The first-order chi connectivity index (χ1) is 10.8. The van der Waals surface area contributed by atoms with Crippen molar-refractivity contribution in [3.8, 4) is 22.5 Å². The fourth-order valence-electron chi connectivity index (χ4n) is 2.36. The number of rotatable bonds is 2. The minimum absolute atomic E-state index is 0.611. The summed E-state index contributed by atoms with van der Waals surface area (Å²) in [5, 5.41) is 5.61. The lowest BCUT2D eigenvalue weighted by atomic mass is 10.0. The highest BCUT2D eigenvalue weighted by Gasteiger charge is 2.16. The number of halogens is 1. The zero-order chi connectivity index (χ0) is 14.9. The summed E-state index contributed by atoms with van der Waals surface area (Å²) in [6, 6.07) is 7.54. The standard InChI is InChI=1S/C16H9ClN4O/c17-13-4-5-18-8-12(13)10-2-1-3-11-15(21-22-16(10)11)14-9-19-6-7-20-14/h1-9H. The van der Waals surface area contributed by atoms with Crippen LogP contribution in [0.3, 0.4) is 0 Å². The molecule has 0 spiro atoms. The second-order valence-electron chi connectivity index (χ2n) is 4.66. The van der Waals surface area contributed by atoms with E-state index in [9.17, 15) is 0 Å². The normalized spacial score (nSPS) is 11.0. The summed E-state index contributed by atoms with van der Waals surface area (Å²) < 4.78 is 5.54. The molecule has 0 aliphatic rings. The molecule has 5 nitrogen and oxygen atoms in total. The van der Waals surface area contributed by atoms with Crippen molar-refractivity contribution in [1.29, 1.82) is 0 Å². The van der Waals surface area contributed by atoms with Gasteiger partial charge in [0.05, 0.1) is 16.6 Å². The van der Waals surface area contributed by atoms with Crippen molar-refractivity contribution in [3.63, 3.8) is 0 Å². The summed E-state index contributed by atoms with van der Waals surface area (Å²) in [5.41, 5.74) is 3.62. The zero-order valence-corrected chi connectivity index (χ0v) is 12.0. The minimum atomic E-state index is 0.611. The average molecular weight is 309 g/mol. The Kier molecular flexibility index (Phi) is 3.05. The van der Waals surface area contributed by atoms with Crippen LogP contribution >= 0.6 is 11.6 Å². The molecule has 0 radical (unpaired) electrons. The van der Waals surface area contributed by atoms with Crippen LogP contribution in [0.25, 0.3) is 33.5 Å². The lowest BCUT2D eigenvalue weighted by molar-refractivity contribution is 0.460. The molecule has 0 saturated heterocycles. The fraction of sp³-hybridized carbons (Fsp3) is 0. The molecule has 22 heavy (non-hydrogen) atoms. The van der Waals surface area contributed by atoms with Crippen LogP contribution in [0.15, 0.2) is 59.8 Å². The lowest BCUT2D eigenvalue weighted by Crippen LogP contribution is -1.85. The number of pyridine rings is 1. The van der Waals surface area contributed by atoms with Crippen LogP contribution in [0.1, 0.15) is 0 Å². The fourth-order valence-corrected chi connectivity index (χ4v) is 2.56. The second-order valence-corrected chi connectivity index (χ2v) is 5.07. The van der Waals surface area contributed by atoms with Gasteiger partial charge in [0.1, 0.15) is 11.4 Å². The molecule has 0 saturated carbocycles. The van der Waals surface area contributed by atoms with Gasteiger partial charge < -0.3 is 4.52 Å². The van der Waals surface area contributed by atoms with E-state index >= 15 is 0 Å². The van der Waals surface area contributed by atoms with Gasteiger partial charge in [0.25, 0.3) is 0 Å². The third-order valence-electron chi connectivity index (χ3n) is 3.36. The topological polar surface area (TPSA) is 64.7 Å². The van der Waals surface area contributed by atoms with Crippen molar-refractivity contribution in [2.24, 2.45) is 0 Å². The quantitative estimate of drug-likeness (QED) is 0.560. The molecule has 0 unspecified atom stereocenters. The van der Waals surface area contributed by atoms with E-state index in [1.165, 1.54) is 0 Å². The van der Waals surface area contributed by atoms with Crippen LogP contribution < -0.4 is 0 Å². The molecule has 106 valence electrons. The molecule has 1 aromatic carbocycles. The van der Waals surface area contributed by atoms with E-state index < -0.39 is 0 Å². The summed E-state index contributed by atoms with van der Waals surface area (Å²) in [6.07, 6.45) is 8.25. The van der Waals surface area contributed by atoms with Gasteiger partial charge in [-0.25, -0.2) is 0 Å². The first-order valence-corrected chi connectivity index (χ1v) is 6.97. The molecule has 0 N–H and O–H groups in total. The summed E-state index contributed by atoms with van der Waals surface area (Å²) in [5.74, 6) is 0. The smallest absolute Gasteiger partial charge is 0.175 e. The van der Waals surface area contributed by atoms with E-state index in [2.05, 4.69) is 20.1 Å². The van der Waals surface area contributed by atoms with Crippen molar-refractivity contribution < 1.29 is 4.52 Å². The lowest BCUT2D eigenvalue weighted by Gasteiger charge is -2.03.